The molecule has 24 heavy (non-hydrogen) atoms. The molecule has 1 amide bonds. The molecule has 4 rings (SSSR count). The average molecular weight is 331 g/mol. The Morgan fingerprint density at radius 1 is 1.29 bits per heavy atom. The zero-order valence-corrected chi connectivity index (χ0v) is 13.4. The van der Waals surface area contributed by atoms with Gasteiger partial charge in [-0.1, -0.05) is 6.42 Å². The molecule has 1 aromatic heterocycles. The van der Waals surface area contributed by atoms with Crippen molar-refractivity contribution in [3.8, 4) is 11.3 Å². The number of anilines is 1. The zero-order valence-electron chi connectivity index (χ0n) is 13.4. The van der Waals surface area contributed by atoms with Crippen LogP contribution in [0.3, 0.4) is 0 Å². The van der Waals surface area contributed by atoms with E-state index >= 15 is 0 Å². The summed E-state index contributed by atoms with van der Waals surface area (Å²) in [6.45, 7) is 0. The molecule has 0 radical (unpaired) electrons. The second-order valence-electron chi connectivity index (χ2n) is 6.72. The fraction of sp³-hybridized carbons (Fsp3) is 0.444. The first kappa shape index (κ1) is 15.3. The third kappa shape index (κ3) is 2.60. The summed E-state index contributed by atoms with van der Waals surface area (Å²) in [5.74, 6) is -0.287. The molecule has 0 spiro atoms. The number of nitrogens with zero attached hydrogens (tertiary/aromatic N) is 2. The minimum Gasteiger partial charge on any atom is -0.309 e. The van der Waals surface area contributed by atoms with E-state index in [9.17, 15) is 13.6 Å². The van der Waals surface area contributed by atoms with Gasteiger partial charge < -0.3 is 5.32 Å². The van der Waals surface area contributed by atoms with Crippen LogP contribution in [0.4, 0.5) is 14.6 Å². The molecule has 1 N–H and O–H groups in total. The minimum atomic E-state index is -1.03. The maximum atomic E-state index is 13.2. The second-order valence-corrected chi connectivity index (χ2v) is 6.72. The number of alkyl halides is 1. The van der Waals surface area contributed by atoms with Crippen molar-refractivity contribution in [3.05, 3.63) is 35.6 Å². The summed E-state index contributed by atoms with van der Waals surface area (Å²) in [5, 5.41) is 7.27. The molecular formula is C18H19F2N3O. The summed E-state index contributed by atoms with van der Waals surface area (Å²) in [7, 11) is 1.81. The topological polar surface area (TPSA) is 46.9 Å². The van der Waals surface area contributed by atoms with Gasteiger partial charge in [0, 0.05) is 18.2 Å². The molecule has 2 aliphatic carbocycles. The van der Waals surface area contributed by atoms with Crippen molar-refractivity contribution in [2.75, 3.05) is 5.32 Å². The minimum absolute atomic E-state index is 0.289. The van der Waals surface area contributed by atoms with Crippen molar-refractivity contribution in [1.29, 1.82) is 0 Å². The number of amides is 1. The predicted molar refractivity (Wildman–Crippen MR) is 86.8 cm³/mol. The lowest BCUT2D eigenvalue weighted by atomic mass is 9.79. The maximum absolute atomic E-state index is 13.2. The van der Waals surface area contributed by atoms with Crippen LogP contribution in [0.2, 0.25) is 0 Å². The van der Waals surface area contributed by atoms with Crippen molar-refractivity contribution < 1.29 is 13.6 Å². The van der Waals surface area contributed by atoms with Gasteiger partial charge in [-0.3, -0.25) is 9.48 Å². The highest BCUT2D eigenvalue weighted by Gasteiger charge is 2.44. The Morgan fingerprint density at radius 3 is 2.50 bits per heavy atom. The number of carbonyl (C=O) groups is 1. The Morgan fingerprint density at radius 2 is 1.96 bits per heavy atom. The monoisotopic (exact) mass is 331 g/mol. The van der Waals surface area contributed by atoms with Gasteiger partial charge in [0.2, 0.25) is 5.91 Å². The average Bonchev–Trinajstić information content (AvgIpc) is 3.15. The Bertz CT molecular complexity index is 780. The number of halogens is 2. The number of carbonyl (C=O) groups excluding carboxylic acids is 1. The van der Waals surface area contributed by atoms with Gasteiger partial charge >= 0.3 is 0 Å². The van der Waals surface area contributed by atoms with Gasteiger partial charge in [0.1, 0.15) is 12.0 Å². The zero-order chi connectivity index (χ0) is 16.8. The summed E-state index contributed by atoms with van der Waals surface area (Å²) < 4.78 is 28.1. The van der Waals surface area contributed by atoms with E-state index in [1.54, 1.807) is 16.8 Å². The van der Waals surface area contributed by atoms with E-state index in [1.807, 2.05) is 7.05 Å². The standard InChI is InChI=1S/C18H19F2N3O/c1-23-16(11-5-7-12(19)8-6-11)15(10-3-2-4-10)17(22-23)21-18(24)13-9-14(13)20/h5-8,10,13-14H,2-4,9H2,1H3,(H,21,22,24)/t13-,14-/m1/s1. The van der Waals surface area contributed by atoms with E-state index in [2.05, 4.69) is 10.4 Å². The van der Waals surface area contributed by atoms with Gasteiger partial charge in [-0.2, -0.15) is 5.10 Å². The molecule has 126 valence electrons. The van der Waals surface area contributed by atoms with Crippen LogP contribution < -0.4 is 5.32 Å². The summed E-state index contributed by atoms with van der Waals surface area (Å²) >= 11 is 0. The Balaban J connectivity index is 1.72. The molecule has 4 nitrogen and oxygen atoms in total. The first-order valence-corrected chi connectivity index (χ1v) is 8.32. The number of aromatic nitrogens is 2. The largest absolute Gasteiger partial charge is 0.309 e. The molecule has 1 heterocycles. The molecule has 0 aliphatic heterocycles. The number of benzene rings is 1. The first-order valence-electron chi connectivity index (χ1n) is 8.32. The molecule has 2 saturated carbocycles. The normalized spacial score (nSPS) is 23.0. The molecule has 2 aromatic rings. The van der Waals surface area contributed by atoms with Crippen LogP contribution in [0.15, 0.2) is 24.3 Å². The van der Waals surface area contributed by atoms with E-state index < -0.39 is 12.1 Å². The third-order valence-corrected chi connectivity index (χ3v) is 5.01. The smallest absolute Gasteiger partial charge is 0.231 e. The van der Waals surface area contributed by atoms with Gasteiger partial charge in [0.05, 0.1) is 11.6 Å². The molecular weight excluding hydrogens is 312 g/mol. The van der Waals surface area contributed by atoms with Crippen molar-refractivity contribution >= 4 is 11.7 Å². The molecule has 0 unspecified atom stereocenters. The van der Waals surface area contributed by atoms with Gasteiger partial charge in [0.25, 0.3) is 0 Å². The van der Waals surface area contributed by atoms with Gasteiger partial charge in [-0.05, 0) is 49.4 Å². The highest BCUT2D eigenvalue weighted by atomic mass is 19.1. The summed E-state index contributed by atoms with van der Waals surface area (Å²) in [4.78, 5) is 12.1. The van der Waals surface area contributed by atoms with Crippen LogP contribution in [0, 0.1) is 11.7 Å². The lowest BCUT2D eigenvalue weighted by Crippen LogP contribution is -2.18. The fourth-order valence-corrected chi connectivity index (χ4v) is 3.31. The maximum Gasteiger partial charge on any atom is 0.231 e. The van der Waals surface area contributed by atoms with E-state index in [-0.39, 0.29) is 11.7 Å². The summed E-state index contributed by atoms with van der Waals surface area (Å²) in [6, 6.07) is 6.28. The number of nitrogens with one attached hydrogen (secondary N) is 1. The number of aryl methyl sites for hydroxylation is 1. The quantitative estimate of drug-likeness (QED) is 0.926. The predicted octanol–water partition coefficient (Wildman–Crippen LogP) is 3.79. The molecule has 0 saturated heterocycles. The van der Waals surface area contributed by atoms with Crippen LogP contribution >= 0.6 is 0 Å². The fourth-order valence-electron chi connectivity index (χ4n) is 3.31. The van der Waals surface area contributed by atoms with Crippen LogP contribution in [0.25, 0.3) is 11.3 Å². The van der Waals surface area contributed by atoms with E-state index in [4.69, 9.17) is 0 Å². The lowest BCUT2D eigenvalue weighted by molar-refractivity contribution is -0.117. The van der Waals surface area contributed by atoms with Crippen LogP contribution in [0.5, 0.6) is 0 Å². The Kier molecular flexibility index (Phi) is 3.62. The number of hydrogen-bond donors (Lipinski definition) is 1. The molecule has 2 atom stereocenters. The summed E-state index contributed by atoms with van der Waals surface area (Å²) in [5.41, 5.74) is 2.74. The third-order valence-electron chi connectivity index (χ3n) is 5.01. The van der Waals surface area contributed by atoms with Crippen molar-refractivity contribution in [2.45, 2.75) is 37.8 Å². The first-order chi connectivity index (χ1) is 11.5. The Hall–Kier alpha value is -2.24. The summed E-state index contributed by atoms with van der Waals surface area (Å²) in [6.07, 6.45) is 2.49. The number of rotatable bonds is 4. The van der Waals surface area contributed by atoms with Crippen LogP contribution in [-0.4, -0.2) is 21.9 Å². The molecule has 6 heteroatoms. The number of hydrogen-bond acceptors (Lipinski definition) is 2. The lowest BCUT2D eigenvalue weighted by Gasteiger charge is -2.27. The molecule has 0 bridgehead atoms. The highest BCUT2D eigenvalue weighted by Crippen LogP contribution is 2.45. The van der Waals surface area contributed by atoms with E-state index in [0.717, 1.165) is 36.1 Å². The molecule has 2 fully saturated rings. The molecule has 1 aromatic carbocycles. The van der Waals surface area contributed by atoms with Crippen LogP contribution in [0.1, 0.15) is 37.2 Å². The highest BCUT2D eigenvalue weighted by molar-refractivity contribution is 5.95. The Labute approximate surface area is 138 Å². The second kappa shape index (κ2) is 5.69. The van der Waals surface area contributed by atoms with Crippen LogP contribution in [-0.2, 0) is 11.8 Å². The van der Waals surface area contributed by atoms with Crippen molar-refractivity contribution in [2.24, 2.45) is 13.0 Å². The van der Waals surface area contributed by atoms with Crippen molar-refractivity contribution in [1.82, 2.24) is 9.78 Å². The SMILES string of the molecule is Cn1nc(NC(=O)[C@@H]2C[C@H]2F)c(C2CCC2)c1-c1ccc(F)cc1. The van der Waals surface area contributed by atoms with Crippen molar-refractivity contribution in [3.63, 3.8) is 0 Å². The van der Waals surface area contributed by atoms with Gasteiger partial charge in [-0.15, -0.1) is 0 Å². The van der Waals surface area contributed by atoms with E-state index in [1.165, 1.54) is 12.1 Å². The van der Waals surface area contributed by atoms with Gasteiger partial charge in [0.15, 0.2) is 5.82 Å². The molecule has 2 aliphatic rings. The van der Waals surface area contributed by atoms with Gasteiger partial charge in [-0.25, -0.2) is 8.78 Å². The van der Waals surface area contributed by atoms with E-state index in [0.29, 0.717) is 18.2 Å².